The third kappa shape index (κ3) is 4.26. The first-order valence-corrected chi connectivity index (χ1v) is 7.74. The van der Waals surface area contributed by atoms with Crippen molar-refractivity contribution in [1.82, 2.24) is 0 Å². The van der Waals surface area contributed by atoms with Crippen LogP contribution in [-0.4, -0.2) is 11.7 Å². The minimum Gasteiger partial charge on any atom is -0.318 e. The summed E-state index contributed by atoms with van der Waals surface area (Å²) in [7, 11) is 0. The molecule has 0 radical (unpaired) electrons. The lowest BCUT2D eigenvalue weighted by atomic mass is 10.1. The minimum atomic E-state index is -0.114. The van der Waals surface area contributed by atoms with Crippen molar-refractivity contribution >= 4 is 28.0 Å². The Hall–Kier alpha value is -1.94. The highest BCUT2D eigenvalue weighted by atomic mass is 32.1. The highest BCUT2D eigenvalue weighted by Crippen LogP contribution is 2.25. The molecule has 110 valence electrons. The number of benzene rings is 1. The average molecular weight is 301 g/mol. The Morgan fingerprint density at radius 1 is 1.05 bits per heavy atom. The Balaban J connectivity index is 1.86. The zero-order chi connectivity index (χ0) is 15.4. The zero-order valence-corrected chi connectivity index (χ0v) is 13.3. The van der Waals surface area contributed by atoms with Crippen LogP contribution in [0.1, 0.15) is 39.2 Å². The van der Waals surface area contributed by atoms with Crippen LogP contribution >= 0.6 is 11.3 Å². The van der Waals surface area contributed by atoms with Gasteiger partial charge < -0.3 is 5.32 Å². The number of carbonyl (C=O) groups excluding carboxylic acids is 2. The number of hydrogen-bond donors (Lipinski definition) is 1. The molecule has 1 amide bonds. The maximum atomic E-state index is 12.0. The number of thiophene rings is 1. The van der Waals surface area contributed by atoms with Crippen LogP contribution in [0, 0.1) is 20.8 Å². The van der Waals surface area contributed by atoms with E-state index in [1.54, 1.807) is 11.3 Å². The van der Waals surface area contributed by atoms with Gasteiger partial charge in [-0.2, -0.15) is 0 Å². The molecule has 0 atom stereocenters. The quantitative estimate of drug-likeness (QED) is 0.838. The molecule has 0 spiro atoms. The molecule has 0 bridgehead atoms. The maximum Gasteiger partial charge on any atom is 0.225 e. The van der Waals surface area contributed by atoms with Gasteiger partial charge in [-0.15, -0.1) is 11.3 Å². The van der Waals surface area contributed by atoms with E-state index in [9.17, 15) is 9.59 Å². The number of carbonyl (C=O) groups is 2. The Labute approximate surface area is 129 Å². The lowest BCUT2D eigenvalue weighted by Crippen LogP contribution is -2.12. The van der Waals surface area contributed by atoms with E-state index in [1.165, 1.54) is 10.4 Å². The molecule has 0 fully saturated rings. The number of nitrogens with one attached hydrogen (secondary N) is 1. The Kier molecular flexibility index (Phi) is 4.91. The van der Waals surface area contributed by atoms with Crippen molar-refractivity contribution in [2.24, 2.45) is 0 Å². The second-order valence-corrected chi connectivity index (χ2v) is 6.44. The third-order valence-electron chi connectivity index (χ3n) is 3.38. The van der Waals surface area contributed by atoms with Gasteiger partial charge >= 0.3 is 0 Å². The van der Waals surface area contributed by atoms with Gasteiger partial charge in [-0.3, -0.25) is 9.59 Å². The van der Waals surface area contributed by atoms with Crippen LogP contribution < -0.4 is 5.32 Å². The van der Waals surface area contributed by atoms with Gasteiger partial charge in [-0.05, 0) is 32.4 Å². The second-order valence-electron chi connectivity index (χ2n) is 5.19. The monoisotopic (exact) mass is 301 g/mol. The van der Waals surface area contributed by atoms with E-state index in [0.717, 1.165) is 10.6 Å². The topological polar surface area (TPSA) is 46.2 Å². The second kappa shape index (κ2) is 6.68. The Bertz CT molecular complexity index is 636. The van der Waals surface area contributed by atoms with E-state index >= 15 is 0 Å². The molecule has 4 heteroatoms. The molecule has 2 rings (SSSR count). The van der Waals surface area contributed by atoms with Crippen LogP contribution in [0.3, 0.4) is 0 Å². The van der Waals surface area contributed by atoms with Crippen molar-refractivity contribution in [3.8, 4) is 0 Å². The van der Waals surface area contributed by atoms with E-state index in [1.807, 2.05) is 51.1 Å². The average Bonchev–Trinajstić information content (AvgIpc) is 2.75. The molecular weight excluding hydrogens is 282 g/mol. The van der Waals surface area contributed by atoms with E-state index < -0.39 is 0 Å². The highest BCUT2D eigenvalue weighted by Gasteiger charge is 2.10. The summed E-state index contributed by atoms with van der Waals surface area (Å²) < 4.78 is 0. The van der Waals surface area contributed by atoms with E-state index in [2.05, 4.69) is 5.32 Å². The molecule has 1 heterocycles. The molecule has 0 saturated carbocycles. The smallest absolute Gasteiger partial charge is 0.225 e. The Morgan fingerprint density at radius 2 is 1.71 bits per heavy atom. The number of anilines is 1. The van der Waals surface area contributed by atoms with Gasteiger partial charge in [0.25, 0.3) is 0 Å². The molecule has 1 aromatic heterocycles. The van der Waals surface area contributed by atoms with Crippen molar-refractivity contribution in [2.45, 2.75) is 33.6 Å². The molecule has 0 aliphatic carbocycles. The van der Waals surface area contributed by atoms with E-state index in [-0.39, 0.29) is 24.5 Å². The first-order chi connectivity index (χ1) is 9.95. The fourth-order valence-corrected chi connectivity index (χ4v) is 2.90. The van der Waals surface area contributed by atoms with Gasteiger partial charge in [-0.1, -0.05) is 29.8 Å². The van der Waals surface area contributed by atoms with Crippen LogP contribution in [0.4, 0.5) is 5.00 Å². The van der Waals surface area contributed by atoms with Gasteiger partial charge in [0.05, 0.1) is 5.00 Å². The molecule has 0 saturated heterocycles. The summed E-state index contributed by atoms with van der Waals surface area (Å²) in [6, 6.07) is 9.39. The number of ketones is 1. The van der Waals surface area contributed by atoms with Gasteiger partial charge in [0.15, 0.2) is 5.78 Å². The summed E-state index contributed by atoms with van der Waals surface area (Å²) in [4.78, 5) is 25.1. The summed E-state index contributed by atoms with van der Waals surface area (Å²) in [6.07, 6.45) is 0.445. The molecular formula is C17H19NO2S. The molecule has 0 unspecified atom stereocenters. The lowest BCUT2D eigenvalue weighted by molar-refractivity contribution is -0.116. The van der Waals surface area contributed by atoms with Crippen molar-refractivity contribution in [2.75, 3.05) is 5.32 Å². The Morgan fingerprint density at radius 3 is 2.29 bits per heavy atom. The number of hydrogen-bond acceptors (Lipinski definition) is 3. The summed E-state index contributed by atoms with van der Waals surface area (Å²) in [5, 5.41) is 3.69. The number of Topliss-reactive ketones (excluding diaryl/α,β-unsaturated/α-hetero) is 1. The van der Waals surface area contributed by atoms with Crippen LogP contribution in [0.15, 0.2) is 30.3 Å². The highest BCUT2D eigenvalue weighted by molar-refractivity contribution is 7.16. The van der Waals surface area contributed by atoms with Gasteiger partial charge in [0.2, 0.25) is 5.91 Å². The summed E-state index contributed by atoms with van der Waals surface area (Å²) in [5.74, 6) is -0.111. The van der Waals surface area contributed by atoms with E-state index in [4.69, 9.17) is 0 Å². The van der Waals surface area contributed by atoms with Gasteiger partial charge in [-0.25, -0.2) is 0 Å². The zero-order valence-electron chi connectivity index (χ0n) is 12.5. The molecule has 2 aromatic rings. The fourth-order valence-electron chi connectivity index (χ4n) is 1.95. The largest absolute Gasteiger partial charge is 0.318 e. The van der Waals surface area contributed by atoms with Crippen LogP contribution in [0.5, 0.6) is 0 Å². The predicted molar refractivity (Wildman–Crippen MR) is 87.2 cm³/mol. The lowest BCUT2D eigenvalue weighted by Gasteiger charge is -2.03. The maximum absolute atomic E-state index is 12.0. The first kappa shape index (κ1) is 15.4. The van der Waals surface area contributed by atoms with Crippen LogP contribution in [0.2, 0.25) is 0 Å². The van der Waals surface area contributed by atoms with E-state index in [0.29, 0.717) is 5.56 Å². The van der Waals surface area contributed by atoms with Gasteiger partial charge in [0, 0.05) is 23.3 Å². The predicted octanol–water partition coefficient (Wildman–Crippen LogP) is 4.27. The normalized spacial score (nSPS) is 10.4. The number of amides is 1. The molecule has 0 aliphatic rings. The SMILES string of the molecule is Cc1ccc(C(=O)CCC(=O)Nc2cc(C)c(C)s2)cc1. The van der Waals surface area contributed by atoms with Crippen molar-refractivity contribution in [1.29, 1.82) is 0 Å². The van der Waals surface area contributed by atoms with Crippen molar-refractivity contribution in [3.05, 3.63) is 51.9 Å². The molecule has 0 aliphatic heterocycles. The standard InChI is InChI=1S/C17H19NO2S/c1-11-4-6-14(7-5-11)15(19)8-9-16(20)18-17-10-12(2)13(3)21-17/h4-7,10H,8-9H2,1-3H3,(H,18,20). The summed E-state index contributed by atoms with van der Waals surface area (Å²) >= 11 is 1.56. The molecule has 3 nitrogen and oxygen atoms in total. The molecule has 21 heavy (non-hydrogen) atoms. The third-order valence-corrected chi connectivity index (χ3v) is 4.45. The fraction of sp³-hybridized carbons (Fsp3) is 0.294. The minimum absolute atomic E-state index is 0.00342. The summed E-state index contributed by atoms with van der Waals surface area (Å²) in [5.41, 5.74) is 2.95. The number of aryl methyl sites for hydroxylation is 3. The molecule has 1 N–H and O–H groups in total. The molecule has 1 aromatic carbocycles. The van der Waals surface area contributed by atoms with Crippen molar-refractivity contribution in [3.63, 3.8) is 0 Å². The summed E-state index contributed by atoms with van der Waals surface area (Å²) in [6.45, 7) is 6.02. The van der Waals surface area contributed by atoms with Crippen LogP contribution in [0.25, 0.3) is 0 Å². The first-order valence-electron chi connectivity index (χ1n) is 6.92. The van der Waals surface area contributed by atoms with Crippen LogP contribution in [-0.2, 0) is 4.79 Å². The number of rotatable bonds is 5. The van der Waals surface area contributed by atoms with Crippen molar-refractivity contribution < 1.29 is 9.59 Å². The van der Waals surface area contributed by atoms with Gasteiger partial charge in [0.1, 0.15) is 0 Å².